The van der Waals surface area contributed by atoms with Crippen molar-refractivity contribution in [3.05, 3.63) is 0 Å². The van der Waals surface area contributed by atoms with E-state index in [-0.39, 0.29) is 0 Å². The molecule has 0 N–H and O–H groups in total. The first-order valence-electron chi connectivity index (χ1n) is 5.76. The summed E-state index contributed by atoms with van der Waals surface area (Å²) in [5.74, 6) is 1.51. The summed E-state index contributed by atoms with van der Waals surface area (Å²) >= 11 is 0. The number of carbonyl (C=O) groups excluding carboxylic acids is 1. The normalized spacial score (nSPS) is 21.4. The predicted octanol–water partition coefficient (Wildman–Crippen LogP) is 3.57. The largest absolute Gasteiger partial charge is 0.299 e. The Bertz CT molecular complexity index is 157. The summed E-state index contributed by atoms with van der Waals surface area (Å²) in [5, 5.41) is 0. The number of hydrogen-bond donors (Lipinski definition) is 0. The molecular formula is C12H22O. The van der Waals surface area contributed by atoms with Crippen molar-refractivity contribution in [2.75, 3.05) is 0 Å². The fourth-order valence-electron chi connectivity index (χ4n) is 2.10. The van der Waals surface area contributed by atoms with E-state index in [2.05, 4.69) is 13.8 Å². The lowest BCUT2D eigenvalue weighted by Gasteiger charge is -2.21. The third-order valence-electron chi connectivity index (χ3n) is 3.38. The van der Waals surface area contributed by atoms with E-state index < -0.39 is 0 Å². The summed E-state index contributed by atoms with van der Waals surface area (Å²) in [6.07, 6.45) is 8.52. The third-order valence-corrected chi connectivity index (χ3v) is 3.38. The third kappa shape index (κ3) is 3.50. The SMILES string of the molecule is CCC(C)C(=O)CC1CCCCC1. The van der Waals surface area contributed by atoms with Crippen LogP contribution >= 0.6 is 0 Å². The molecule has 1 saturated carbocycles. The second kappa shape index (κ2) is 5.41. The molecule has 0 spiro atoms. The highest BCUT2D eigenvalue weighted by molar-refractivity contribution is 5.80. The Balaban J connectivity index is 2.26. The lowest BCUT2D eigenvalue weighted by molar-refractivity contribution is -0.123. The second-order valence-electron chi connectivity index (χ2n) is 4.48. The zero-order chi connectivity index (χ0) is 9.68. The summed E-state index contributed by atoms with van der Waals surface area (Å²) in [6, 6.07) is 0. The van der Waals surface area contributed by atoms with Crippen molar-refractivity contribution < 1.29 is 4.79 Å². The van der Waals surface area contributed by atoms with Crippen molar-refractivity contribution in [2.24, 2.45) is 11.8 Å². The molecule has 1 aliphatic rings. The van der Waals surface area contributed by atoms with Crippen molar-refractivity contribution in [1.82, 2.24) is 0 Å². The first kappa shape index (κ1) is 10.7. The first-order valence-corrected chi connectivity index (χ1v) is 5.76. The Morgan fingerprint density at radius 3 is 2.46 bits per heavy atom. The number of rotatable bonds is 4. The molecule has 0 amide bonds. The fourth-order valence-corrected chi connectivity index (χ4v) is 2.10. The minimum atomic E-state index is 0.293. The average molecular weight is 182 g/mol. The van der Waals surface area contributed by atoms with Crippen molar-refractivity contribution in [1.29, 1.82) is 0 Å². The number of ketones is 1. The van der Waals surface area contributed by atoms with Crippen LogP contribution in [0.15, 0.2) is 0 Å². The van der Waals surface area contributed by atoms with Crippen LogP contribution in [-0.2, 0) is 4.79 Å². The van der Waals surface area contributed by atoms with Crippen molar-refractivity contribution in [3.8, 4) is 0 Å². The molecule has 0 saturated heterocycles. The van der Waals surface area contributed by atoms with Crippen LogP contribution in [0.25, 0.3) is 0 Å². The van der Waals surface area contributed by atoms with Crippen LogP contribution in [0.4, 0.5) is 0 Å². The van der Waals surface area contributed by atoms with E-state index in [1.54, 1.807) is 0 Å². The van der Waals surface area contributed by atoms with Crippen LogP contribution in [0, 0.1) is 11.8 Å². The van der Waals surface area contributed by atoms with E-state index in [9.17, 15) is 4.79 Å². The van der Waals surface area contributed by atoms with Gasteiger partial charge in [0.25, 0.3) is 0 Å². The average Bonchev–Trinajstić information content (AvgIpc) is 2.18. The smallest absolute Gasteiger partial charge is 0.135 e. The van der Waals surface area contributed by atoms with Crippen molar-refractivity contribution in [2.45, 2.75) is 58.8 Å². The van der Waals surface area contributed by atoms with E-state index in [0.29, 0.717) is 11.7 Å². The first-order chi connectivity index (χ1) is 6.24. The molecule has 1 atom stereocenters. The van der Waals surface area contributed by atoms with Crippen LogP contribution in [0.5, 0.6) is 0 Å². The van der Waals surface area contributed by atoms with Crippen LogP contribution in [0.3, 0.4) is 0 Å². The molecule has 1 aliphatic carbocycles. The van der Waals surface area contributed by atoms with Crippen molar-refractivity contribution >= 4 is 5.78 Å². The Kier molecular flexibility index (Phi) is 4.47. The molecule has 0 radical (unpaired) electrons. The van der Waals surface area contributed by atoms with Gasteiger partial charge in [0.05, 0.1) is 0 Å². The molecule has 0 aliphatic heterocycles. The molecule has 0 bridgehead atoms. The topological polar surface area (TPSA) is 17.1 Å². The summed E-state index contributed by atoms with van der Waals surface area (Å²) in [6.45, 7) is 4.16. The summed E-state index contributed by atoms with van der Waals surface area (Å²) in [4.78, 5) is 11.6. The van der Waals surface area contributed by atoms with Gasteiger partial charge < -0.3 is 0 Å². The molecule has 0 aromatic carbocycles. The molecule has 1 heteroatoms. The molecule has 1 nitrogen and oxygen atoms in total. The highest BCUT2D eigenvalue weighted by atomic mass is 16.1. The standard InChI is InChI=1S/C12H22O/c1-3-10(2)12(13)9-11-7-5-4-6-8-11/h10-11H,3-9H2,1-2H3. The van der Waals surface area contributed by atoms with Crippen LogP contribution in [0.2, 0.25) is 0 Å². The van der Waals surface area contributed by atoms with Gasteiger partial charge >= 0.3 is 0 Å². The monoisotopic (exact) mass is 182 g/mol. The number of hydrogen-bond acceptors (Lipinski definition) is 1. The highest BCUT2D eigenvalue weighted by Gasteiger charge is 2.19. The maximum absolute atomic E-state index is 11.6. The maximum Gasteiger partial charge on any atom is 0.135 e. The Labute approximate surface area is 81.9 Å². The predicted molar refractivity (Wildman–Crippen MR) is 55.7 cm³/mol. The molecule has 1 rings (SSSR count). The number of carbonyl (C=O) groups is 1. The van der Waals surface area contributed by atoms with Crippen molar-refractivity contribution in [3.63, 3.8) is 0 Å². The minimum Gasteiger partial charge on any atom is -0.299 e. The van der Waals surface area contributed by atoms with Crippen LogP contribution in [-0.4, -0.2) is 5.78 Å². The van der Waals surface area contributed by atoms with Gasteiger partial charge in [-0.1, -0.05) is 46.0 Å². The lowest BCUT2D eigenvalue weighted by Crippen LogP contribution is -2.17. The fraction of sp³-hybridized carbons (Fsp3) is 0.917. The van der Waals surface area contributed by atoms with Gasteiger partial charge in [0.15, 0.2) is 0 Å². The molecule has 1 unspecified atom stereocenters. The number of Topliss-reactive ketones (excluding diaryl/α,β-unsaturated/α-hetero) is 1. The van der Waals surface area contributed by atoms with Gasteiger partial charge in [0.2, 0.25) is 0 Å². The molecule has 0 heterocycles. The van der Waals surface area contributed by atoms with E-state index in [0.717, 1.165) is 18.8 Å². The summed E-state index contributed by atoms with van der Waals surface area (Å²) in [5.41, 5.74) is 0. The highest BCUT2D eigenvalue weighted by Crippen LogP contribution is 2.27. The van der Waals surface area contributed by atoms with Gasteiger partial charge in [-0.3, -0.25) is 4.79 Å². The quantitative estimate of drug-likeness (QED) is 0.649. The van der Waals surface area contributed by atoms with Crippen LogP contribution in [0.1, 0.15) is 58.8 Å². The van der Waals surface area contributed by atoms with Gasteiger partial charge in [-0.05, 0) is 12.3 Å². The molecule has 76 valence electrons. The van der Waals surface area contributed by atoms with E-state index in [1.165, 1.54) is 32.1 Å². The Morgan fingerprint density at radius 1 is 1.31 bits per heavy atom. The van der Waals surface area contributed by atoms with Gasteiger partial charge in [0, 0.05) is 12.3 Å². The molecule has 0 aromatic rings. The van der Waals surface area contributed by atoms with Gasteiger partial charge in [0.1, 0.15) is 5.78 Å². The van der Waals surface area contributed by atoms with E-state index in [4.69, 9.17) is 0 Å². The summed E-state index contributed by atoms with van der Waals surface area (Å²) in [7, 11) is 0. The van der Waals surface area contributed by atoms with E-state index >= 15 is 0 Å². The Morgan fingerprint density at radius 2 is 1.92 bits per heavy atom. The Hall–Kier alpha value is -0.330. The zero-order valence-electron chi connectivity index (χ0n) is 9.01. The van der Waals surface area contributed by atoms with Gasteiger partial charge in [-0.15, -0.1) is 0 Å². The van der Waals surface area contributed by atoms with Gasteiger partial charge in [-0.2, -0.15) is 0 Å². The molecule has 1 fully saturated rings. The second-order valence-corrected chi connectivity index (χ2v) is 4.48. The molecule has 0 aromatic heterocycles. The lowest BCUT2D eigenvalue weighted by atomic mass is 9.83. The van der Waals surface area contributed by atoms with Crippen LogP contribution < -0.4 is 0 Å². The zero-order valence-corrected chi connectivity index (χ0v) is 9.01. The molecular weight excluding hydrogens is 160 g/mol. The maximum atomic E-state index is 11.6. The summed E-state index contributed by atoms with van der Waals surface area (Å²) < 4.78 is 0. The van der Waals surface area contributed by atoms with E-state index in [1.807, 2.05) is 0 Å². The molecule has 13 heavy (non-hydrogen) atoms. The van der Waals surface area contributed by atoms with Gasteiger partial charge in [-0.25, -0.2) is 0 Å². The minimum absolute atomic E-state index is 0.293.